The summed E-state index contributed by atoms with van der Waals surface area (Å²) in [4.78, 5) is 21.6. The van der Waals surface area contributed by atoms with E-state index in [1.807, 2.05) is 0 Å². The van der Waals surface area contributed by atoms with Gasteiger partial charge >= 0.3 is 5.97 Å². The number of carbonyl (C=O) groups is 1. The van der Waals surface area contributed by atoms with Gasteiger partial charge in [-0.3, -0.25) is 14.8 Å². The van der Waals surface area contributed by atoms with Crippen LogP contribution < -0.4 is 4.72 Å². The second-order valence-electron chi connectivity index (χ2n) is 5.02. The van der Waals surface area contributed by atoms with Crippen LogP contribution in [0, 0.1) is 17.0 Å². The van der Waals surface area contributed by atoms with Crippen LogP contribution in [0.1, 0.15) is 15.9 Å². The summed E-state index contributed by atoms with van der Waals surface area (Å²) in [5.41, 5.74) is 0.205. The number of ether oxygens (including phenoxy) is 1. The lowest BCUT2D eigenvalue weighted by Gasteiger charge is -2.12. The number of esters is 1. The average Bonchev–Trinajstić information content (AvgIpc) is 2.55. The van der Waals surface area contributed by atoms with Crippen LogP contribution in [0.5, 0.6) is 0 Å². The van der Waals surface area contributed by atoms with E-state index in [4.69, 9.17) is 11.6 Å². The van der Waals surface area contributed by atoms with E-state index in [0.717, 1.165) is 23.8 Å². The molecule has 0 aromatic heterocycles. The van der Waals surface area contributed by atoms with Crippen molar-refractivity contribution >= 4 is 39.0 Å². The smallest absolute Gasteiger partial charge is 0.340 e. The third-order valence-corrected chi connectivity index (χ3v) is 4.93. The third-order valence-electron chi connectivity index (χ3n) is 3.25. The molecule has 25 heavy (non-hydrogen) atoms. The highest BCUT2D eigenvalue weighted by atomic mass is 35.5. The van der Waals surface area contributed by atoms with Gasteiger partial charge in [0, 0.05) is 6.07 Å². The lowest BCUT2D eigenvalue weighted by Crippen LogP contribution is -2.16. The van der Waals surface area contributed by atoms with Crippen LogP contribution >= 0.6 is 11.6 Å². The highest BCUT2D eigenvalue weighted by molar-refractivity contribution is 7.92. The predicted octanol–water partition coefficient (Wildman–Crippen LogP) is 3.14. The summed E-state index contributed by atoms with van der Waals surface area (Å²) in [7, 11) is -3.01. The van der Waals surface area contributed by atoms with E-state index in [0.29, 0.717) is 0 Å². The van der Waals surface area contributed by atoms with Gasteiger partial charge in [0.05, 0.1) is 28.2 Å². The van der Waals surface area contributed by atoms with Crippen molar-refractivity contribution in [2.24, 2.45) is 0 Å². The molecule has 0 aliphatic heterocycles. The van der Waals surface area contributed by atoms with Gasteiger partial charge in [-0.25, -0.2) is 13.2 Å². The Morgan fingerprint density at radius 1 is 1.24 bits per heavy atom. The zero-order valence-corrected chi connectivity index (χ0v) is 14.7. The Morgan fingerprint density at radius 3 is 2.52 bits per heavy atom. The number of sulfonamides is 1. The predicted molar refractivity (Wildman–Crippen MR) is 91.4 cm³/mol. The van der Waals surface area contributed by atoms with Gasteiger partial charge in [-0.2, -0.15) is 0 Å². The quantitative estimate of drug-likeness (QED) is 0.481. The summed E-state index contributed by atoms with van der Waals surface area (Å²) in [6, 6.07) is 7.57. The molecule has 0 heterocycles. The van der Waals surface area contributed by atoms with E-state index >= 15 is 0 Å². The molecular formula is C15H13ClN2O6S. The number of rotatable bonds is 5. The van der Waals surface area contributed by atoms with E-state index in [-0.39, 0.29) is 21.2 Å². The van der Waals surface area contributed by atoms with Crippen LogP contribution in [0.2, 0.25) is 5.02 Å². The summed E-state index contributed by atoms with van der Waals surface area (Å²) in [5, 5.41) is 10.7. The molecule has 8 nitrogen and oxygen atoms in total. The number of benzene rings is 2. The molecule has 0 spiro atoms. The zero-order valence-electron chi connectivity index (χ0n) is 13.1. The van der Waals surface area contributed by atoms with Crippen LogP contribution in [0.3, 0.4) is 0 Å². The van der Waals surface area contributed by atoms with Crippen LogP contribution in [-0.2, 0) is 14.8 Å². The Morgan fingerprint density at radius 2 is 1.92 bits per heavy atom. The van der Waals surface area contributed by atoms with Crippen molar-refractivity contribution < 1.29 is 22.9 Å². The number of nitro groups is 1. The zero-order chi connectivity index (χ0) is 18.8. The van der Waals surface area contributed by atoms with E-state index < -0.39 is 26.6 Å². The molecule has 1 N–H and O–H groups in total. The molecule has 0 aliphatic rings. The Hall–Kier alpha value is -2.65. The van der Waals surface area contributed by atoms with Gasteiger partial charge in [0.1, 0.15) is 5.02 Å². The fourth-order valence-electron chi connectivity index (χ4n) is 2.03. The lowest BCUT2D eigenvalue weighted by atomic mass is 10.1. The van der Waals surface area contributed by atoms with E-state index in [2.05, 4.69) is 9.46 Å². The van der Waals surface area contributed by atoms with Crippen molar-refractivity contribution in [3.8, 4) is 0 Å². The molecule has 10 heteroatoms. The molecule has 2 aromatic carbocycles. The van der Waals surface area contributed by atoms with Gasteiger partial charge in [0.25, 0.3) is 15.7 Å². The number of nitrogens with zero attached hydrogens (tertiary/aromatic N) is 1. The minimum absolute atomic E-state index is 0.00458. The molecule has 0 amide bonds. The normalized spacial score (nSPS) is 11.0. The van der Waals surface area contributed by atoms with Crippen molar-refractivity contribution in [2.45, 2.75) is 11.8 Å². The van der Waals surface area contributed by atoms with Gasteiger partial charge in [-0.1, -0.05) is 23.2 Å². The number of carbonyl (C=O) groups excluding carboxylic acids is 1. The van der Waals surface area contributed by atoms with Crippen LogP contribution in [0.4, 0.5) is 11.4 Å². The number of hydrogen-bond acceptors (Lipinski definition) is 6. The standard InChI is InChI=1S/C15H13ClN2O6S/c1-9-3-6-13(11(7-9)15(19)24-2)17-25(22,23)10-4-5-12(16)14(8-10)18(20)21/h3-8,17H,1-2H3. The Labute approximate surface area is 148 Å². The van der Waals surface area contributed by atoms with Gasteiger partial charge in [0.2, 0.25) is 0 Å². The van der Waals surface area contributed by atoms with E-state index in [9.17, 15) is 23.3 Å². The molecule has 132 valence electrons. The molecule has 0 fully saturated rings. The van der Waals surface area contributed by atoms with Gasteiger partial charge in [-0.05, 0) is 31.2 Å². The highest BCUT2D eigenvalue weighted by Gasteiger charge is 2.23. The molecule has 0 aliphatic carbocycles. The molecule has 2 rings (SSSR count). The number of nitrogens with one attached hydrogen (secondary N) is 1. The lowest BCUT2D eigenvalue weighted by molar-refractivity contribution is -0.384. The van der Waals surface area contributed by atoms with Crippen LogP contribution in [0.15, 0.2) is 41.3 Å². The summed E-state index contributed by atoms with van der Waals surface area (Å²) >= 11 is 5.69. The van der Waals surface area contributed by atoms with E-state index in [1.54, 1.807) is 13.0 Å². The molecular weight excluding hydrogens is 372 g/mol. The van der Waals surface area contributed by atoms with Crippen molar-refractivity contribution in [1.82, 2.24) is 0 Å². The number of aryl methyl sites for hydroxylation is 1. The maximum Gasteiger partial charge on any atom is 0.340 e. The van der Waals surface area contributed by atoms with Gasteiger partial charge in [0.15, 0.2) is 0 Å². The highest BCUT2D eigenvalue weighted by Crippen LogP contribution is 2.29. The van der Waals surface area contributed by atoms with Crippen molar-refractivity contribution in [3.05, 3.63) is 62.7 Å². The summed E-state index contributed by atoms with van der Waals surface area (Å²) in [6.07, 6.45) is 0. The van der Waals surface area contributed by atoms with E-state index in [1.165, 1.54) is 19.2 Å². The maximum absolute atomic E-state index is 12.5. The molecule has 0 radical (unpaired) electrons. The van der Waals surface area contributed by atoms with Crippen LogP contribution in [-0.4, -0.2) is 26.4 Å². The number of anilines is 1. The van der Waals surface area contributed by atoms with Crippen LogP contribution in [0.25, 0.3) is 0 Å². The number of methoxy groups -OCH3 is 1. The Balaban J connectivity index is 2.48. The molecule has 0 saturated carbocycles. The fourth-order valence-corrected chi connectivity index (χ4v) is 3.32. The molecule has 0 atom stereocenters. The second kappa shape index (κ2) is 7.08. The van der Waals surface area contributed by atoms with Crippen molar-refractivity contribution in [3.63, 3.8) is 0 Å². The first kappa shape index (κ1) is 18.7. The maximum atomic E-state index is 12.5. The summed E-state index contributed by atoms with van der Waals surface area (Å²) in [5.74, 6) is -0.719. The summed E-state index contributed by atoms with van der Waals surface area (Å²) in [6.45, 7) is 1.73. The first-order valence-corrected chi connectivity index (χ1v) is 8.67. The van der Waals surface area contributed by atoms with Crippen molar-refractivity contribution in [1.29, 1.82) is 0 Å². The Kier molecular flexibility index (Phi) is 5.29. The molecule has 0 saturated heterocycles. The number of hydrogen-bond donors (Lipinski definition) is 1. The minimum Gasteiger partial charge on any atom is -0.465 e. The minimum atomic E-state index is -4.18. The number of nitro benzene ring substituents is 1. The third kappa shape index (κ3) is 4.06. The summed E-state index contributed by atoms with van der Waals surface area (Å²) < 4.78 is 31.9. The average molecular weight is 385 g/mol. The van der Waals surface area contributed by atoms with Gasteiger partial charge in [-0.15, -0.1) is 0 Å². The first-order valence-electron chi connectivity index (χ1n) is 6.81. The molecule has 2 aromatic rings. The fraction of sp³-hybridized carbons (Fsp3) is 0.133. The monoisotopic (exact) mass is 384 g/mol. The van der Waals surface area contributed by atoms with Gasteiger partial charge < -0.3 is 4.74 Å². The topological polar surface area (TPSA) is 116 Å². The second-order valence-corrected chi connectivity index (χ2v) is 7.11. The largest absolute Gasteiger partial charge is 0.465 e. The SMILES string of the molecule is COC(=O)c1cc(C)ccc1NS(=O)(=O)c1ccc(Cl)c([N+](=O)[O-])c1. The number of halogens is 1. The first-order chi connectivity index (χ1) is 11.7. The van der Waals surface area contributed by atoms with Crippen molar-refractivity contribution in [2.75, 3.05) is 11.8 Å². The molecule has 0 bridgehead atoms. The molecule has 0 unspecified atom stereocenters. The Bertz CT molecular complexity index is 958.